The Morgan fingerprint density at radius 2 is 1.61 bits per heavy atom. The van der Waals surface area contributed by atoms with Gasteiger partial charge in [-0.05, 0) is 31.2 Å². The highest BCUT2D eigenvalue weighted by molar-refractivity contribution is 5.95. The third-order valence-electron chi connectivity index (χ3n) is 6.42. The monoisotopic (exact) mass is 423 g/mol. The third kappa shape index (κ3) is 5.15. The van der Waals surface area contributed by atoms with Crippen molar-refractivity contribution in [3.63, 3.8) is 0 Å². The van der Waals surface area contributed by atoms with E-state index in [1.807, 2.05) is 32.7 Å². The fraction of sp³-hybridized carbons (Fsp3) is 0.542. The van der Waals surface area contributed by atoms with Gasteiger partial charge in [-0.3, -0.25) is 19.2 Å². The van der Waals surface area contributed by atoms with Gasteiger partial charge in [-0.25, -0.2) is 0 Å². The highest BCUT2D eigenvalue weighted by Crippen LogP contribution is 2.16. The van der Waals surface area contributed by atoms with Crippen LogP contribution in [-0.4, -0.2) is 82.1 Å². The van der Waals surface area contributed by atoms with Crippen LogP contribution in [0, 0.1) is 0 Å². The number of benzene rings is 1. The molecule has 2 aromatic rings. The summed E-state index contributed by atoms with van der Waals surface area (Å²) in [6.45, 7) is 7.78. The Balaban J connectivity index is 1.33. The lowest BCUT2D eigenvalue weighted by molar-refractivity contribution is -0.133. The molecule has 0 spiro atoms. The molecule has 31 heavy (non-hydrogen) atoms. The average Bonchev–Trinajstić information content (AvgIpc) is 3.22. The minimum atomic E-state index is 0.0539. The van der Waals surface area contributed by atoms with E-state index < -0.39 is 0 Å². The maximum atomic E-state index is 13.2. The fourth-order valence-corrected chi connectivity index (χ4v) is 4.57. The van der Waals surface area contributed by atoms with Gasteiger partial charge in [-0.2, -0.15) is 5.10 Å². The molecule has 166 valence electrons. The van der Waals surface area contributed by atoms with Gasteiger partial charge < -0.3 is 9.80 Å². The molecule has 2 aliphatic rings. The van der Waals surface area contributed by atoms with E-state index in [0.717, 1.165) is 51.1 Å². The van der Waals surface area contributed by atoms with Gasteiger partial charge in [-0.15, -0.1) is 0 Å². The lowest BCUT2D eigenvalue weighted by Crippen LogP contribution is -2.52. The zero-order valence-corrected chi connectivity index (χ0v) is 18.5. The van der Waals surface area contributed by atoms with Crippen molar-refractivity contribution in [2.45, 2.75) is 39.2 Å². The molecule has 2 fully saturated rings. The van der Waals surface area contributed by atoms with Gasteiger partial charge in [0.05, 0.1) is 30.5 Å². The van der Waals surface area contributed by atoms with Gasteiger partial charge in [0.15, 0.2) is 0 Å². The molecule has 3 heterocycles. The number of likely N-dealkylation sites (tertiary alicyclic amines) is 1. The quantitative estimate of drug-likeness (QED) is 0.715. The summed E-state index contributed by atoms with van der Waals surface area (Å²) in [5.74, 6) is 0.285. The van der Waals surface area contributed by atoms with E-state index in [0.29, 0.717) is 31.7 Å². The van der Waals surface area contributed by atoms with E-state index >= 15 is 0 Å². The molecule has 2 saturated heterocycles. The van der Waals surface area contributed by atoms with Crippen LogP contribution in [0.1, 0.15) is 47.8 Å². The Bertz CT molecular complexity index is 881. The fourth-order valence-electron chi connectivity index (χ4n) is 4.57. The Labute approximate surface area is 184 Å². The predicted molar refractivity (Wildman–Crippen MR) is 120 cm³/mol. The van der Waals surface area contributed by atoms with Crippen LogP contribution in [0.2, 0.25) is 0 Å². The van der Waals surface area contributed by atoms with E-state index in [1.165, 1.54) is 12.0 Å². The second kappa shape index (κ2) is 10.1. The summed E-state index contributed by atoms with van der Waals surface area (Å²) in [6.07, 6.45) is 5.94. The van der Waals surface area contributed by atoms with Crippen LogP contribution in [-0.2, 0) is 17.8 Å². The number of nitrogens with zero attached hydrogens (tertiary/aromatic N) is 5. The summed E-state index contributed by atoms with van der Waals surface area (Å²) in [5.41, 5.74) is 2.86. The van der Waals surface area contributed by atoms with E-state index in [-0.39, 0.29) is 11.8 Å². The SMILES string of the molecule is CCc1c(C(=O)N2CCN(CC(=O)N3CCCCC3)CC2)cnn1Cc1ccccc1. The number of piperazine rings is 1. The third-order valence-corrected chi connectivity index (χ3v) is 6.42. The standard InChI is InChI=1S/C24H33N5O2/c1-2-22-21(17-25-29(22)18-20-9-5-3-6-10-20)24(31)28-15-13-26(14-16-28)19-23(30)27-11-7-4-8-12-27/h3,5-6,9-10,17H,2,4,7-8,11-16,18-19H2,1H3. The van der Waals surface area contributed by atoms with Crippen LogP contribution >= 0.6 is 0 Å². The number of rotatable bonds is 6. The van der Waals surface area contributed by atoms with Gasteiger partial charge in [-0.1, -0.05) is 37.3 Å². The topological polar surface area (TPSA) is 61.7 Å². The maximum Gasteiger partial charge on any atom is 0.257 e. The predicted octanol–water partition coefficient (Wildman–Crippen LogP) is 2.26. The first-order valence-corrected chi connectivity index (χ1v) is 11.5. The summed E-state index contributed by atoms with van der Waals surface area (Å²) >= 11 is 0. The molecule has 4 rings (SSSR count). The molecule has 0 unspecified atom stereocenters. The first kappa shape index (κ1) is 21.6. The normalized spacial score (nSPS) is 17.7. The molecular weight excluding hydrogens is 390 g/mol. The molecule has 2 amide bonds. The first-order chi connectivity index (χ1) is 15.2. The molecule has 0 N–H and O–H groups in total. The molecule has 0 aliphatic carbocycles. The van der Waals surface area contributed by atoms with Gasteiger partial charge >= 0.3 is 0 Å². The zero-order chi connectivity index (χ0) is 21.6. The number of carbonyl (C=O) groups excluding carboxylic acids is 2. The van der Waals surface area contributed by atoms with Crippen LogP contribution in [0.4, 0.5) is 0 Å². The molecule has 7 heteroatoms. The van der Waals surface area contributed by atoms with Crippen molar-refractivity contribution in [3.8, 4) is 0 Å². The minimum Gasteiger partial charge on any atom is -0.342 e. The lowest BCUT2D eigenvalue weighted by atomic mass is 10.1. The number of carbonyl (C=O) groups is 2. The van der Waals surface area contributed by atoms with Gasteiger partial charge in [0.1, 0.15) is 0 Å². The highest BCUT2D eigenvalue weighted by atomic mass is 16.2. The van der Waals surface area contributed by atoms with Crippen LogP contribution in [0.3, 0.4) is 0 Å². The number of hydrogen-bond acceptors (Lipinski definition) is 4. The Kier molecular flexibility index (Phi) is 7.02. The molecule has 0 bridgehead atoms. The van der Waals surface area contributed by atoms with Crippen molar-refractivity contribution in [1.82, 2.24) is 24.5 Å². The van der Waals surface area contributed by atoms with E-state index in [1.54, 1.807) is 6.20 Å². The average molecular weight is 424 g/mol. The molecule has 2 aliphatic heterocycles. The van der Waals surface area contributed by atoms with Crippen molar-refractivity contribution < 1.29 is 9.59 Å². The number of piperidine rings is 1. The summed E-state index contributed by atoms with van der Waals surface area (Å²) in [4.78, 5) is 31.8. The number of aromatic nitrogens is 2. The van der Waals surface area contributed by atoms with Crippen LogP contribution < -0.4 is 0 Å². The maximum absolute atomic E-state index is 13.2. The second-order valence-electron chi connectivity index (χ2n) is 8.51. The van der Waals surface area contributed by atoms with Crippen molar-refractivity contribution in [3.05, 3.63) is 53.3 Å². The molecule has 7 nitrogen and oxygen atoms in total. The highest BCUT2D eigenvalue weighted by Gasteiger charge is 2.27. The molecule has 0 atom stereocenters. The van der Waals surface area contributed by atoms with Gasteiger partial charge in [0.25, 0.3) is 5.91 Å². The smallest absolute Gasteiger partial charge is 0.257 e. The van der Waals surface area contributed by atoms with E-state index in [4.69, 9.17) is 0 Å². The minimum absolute atomic E-state index is 0.0539. The van der Waals surface area contributed by atoms with Crippen molar-refractivity contribution >= 4 is 11.8 Å². The molecule has 0 radical (unpaired) electrons. The van der Waals surface area contributed by atoms with Crippen molar-refractivity contribution in [1.29, 1.82) is 0 Å². The molecule has 1 aromatic heterocycles. The van der Waals surface area contributed by atoms with Crippen LogP contribution in [0.5, 0.6) is 0 Å². The van der Waals surface area contributed by atoms with Crippen molar-refractivity contribution in [2.75, 3.05) is 45.8 Å². The van der Waals surface area contributed by atoms with E-state index in [2.05, 4.69) is 29.1 Å². The summed E-state index contributed by atoms with van der Waals surface area (Å²) < 4.78 is 1.94. The van der Waals surface area contributed by atoms with Crippen LogP contribution in [0.15, 0.2) is 36.5 Å². The van der Waals surface area contributed by atoms with Crippen molar-refractivity contribution in [2.24, 2.45) is 0 Å². The second-order valence-corrected chi connectivity index (χ2v) is 8.51. The Hall–Kier alpha value is -2.67. The molecular formula is C24H33N5O2. The molecule has 1 aromatic carbocycles. The summed E-state index contributed by atoms with van der Waals surface area (Å²) in [7, 11) is 0. The number of amides is 2. The first-order valence-electron chi connectivity index (χ1n) is 11.5. The summed E-state index contributed by atoms with van der Waals surface area (Å²) in [6, 6.07) is 10.2. The number of hydrogen-bond donors (Lipinski definition) is 0. The van der Waals surface area contributed by atoms with Crippen LogP contribution in [0.25, 0.3) is 0 Å². The molecule has 0 saturated carbocycles. The van der Waals surface area contributed by atoms with Gasteiger partial charge in [0, 0.05) is 39.3 Å². The largest absolute Gasteiger partial charge is 0.342 e. The lowest BCUT2D eigenvalue weighted by Gasteiger charge is -2.36. The van der Waals surface area contributed by atoms with Gasteiger partial charge in [0.2, 0.25) is 5.91 Å². The van der Waals surface area contributed by atoms with E-state index in [9.17, 15) is 9.59 Å². The Morgan fingerprint density at radius 3 is 2.29 bits per heavy atom. The Morgan fingerprint density at radius 1 is 0.903 bits per heavy atom. The summed E-state index contributed by atoms with van der Waals surface area (Å²) in [5, 5.41) is 4.51. The zero-order valence-electron chi connectivity index (χ0n) is 18.5.